The molecule has 0 aliphatic carbocycles. The van der Waals surface area contributed by atoms with Crippen LogP contribution in [-0.4, -0.2) is 39.0 Å². The average molecular weight is 449 g/mol. The highest BCUT2D eigenvalue weighted by Crippen LogP contribution is 2.27. The van der Waals surface area contributed by atoms with Gasteiger partial charge in [-0.1, -0.05) is 47.6 Å². The lowest BCUT2D eigenvalue weighted by Crippen LogP contribution is -2.40. The summed E-state index contributed by atoms with van der Waals surface area (Å²) >= 11 is 1.48. The molecule has 1 fully saturated rings. The van der Waals surface area contributed by atoms with E-state index in [0.29, 0.717) is 36.7 Å². The van der Waals surface area contributed by atoms with Gasteiger partial charge in [0, 0.05) is 30.5 Å². The molecule has 0 radical (unpaired) electrons. The molecule has 4 aromatic rings. The number of benzene rings is 2. The summed E-state index contributed by atoms with van der Waals surface area (Å²) in [5.74, 6) is 0.479. The maximum atomic E-state index is 14.0. The average Bonchev–Trinajstić information content (AvgIpc) is 3.50. The highest BCUT2D eigenvalue weighted by atomic mass is 32.1. The lowest BCUT2D eigenvalue weighted by Gasteiger charge is -2.31. The van der Waals surface area contributed by atoms with Gasteiger partial charge in [0.1, 0.15) is 16.5 Å². The van der Waals surface area contributed by atoms with Crippen molar-refractivity contribution in [3.63, 3.8) is 0 Å². The van der Waals surface area contributed by atoms with Crippen LogP contribution >= 0.6 is 11.3 Å². The number of amides is 1. The largest absolute Gasteiger partial charge is 0.339 e. The molecule has 5 rings (SSSR count). The quantitative estimate of drug-likeness (QED) is 0.425. The van der Waals surface area contributed by atoms with E-state index in [2.05, 4.69) is 15.1 Å². The van der Waals surface area contributed by atoms with Gasteiger partial charge in [0.25, 0.3) is 5.91 Å². The number of nitrogens with zero attached hydrogens (tertiary/aromatic N) is 4. The molecular weight excluding hydrogens is 427 g/mol. The summed E-state index contributed by atoms with van der Waals surface area (Å²) in [5.41, 5.74) is 1.81. The van der Waals surface area contributed by atoms with Crippen molar-refractivity contribution in [1.82, 2.24) is 20.0 Å². The number of hydrogen-bond acceptors (Lipinski definition) is 6. The number of carbonyl (C=O) groups excluding carboxylic acids is 1. The first-order valence-electron chi connectivity index (χ1n) is 10.5. The van der Waals surface area contributed by atoms with Crippen molar-refractivity contribution in [1.29, 1.82) is 0 Å². The number of likely N-dealkylation sites (tertiary alicyclic amines) is 1. The van der Waals surface area contributed by atoms with Gasteiger partial charge in [-0.3, -0.25) is 4.79 Å². The predicted octanol–water partition coefficient (Wildman–Crippen LogP) is 5.09. The van der Waals surface area contributed by atoms with Crippen LogP contribution in [0.5, 0.6) is 0 Å². The van der Waals surface area contributed by atoms with Crippen LogP contribution in [0.25, 0.3) is 22.0 Å². The second kappa shape index (κ2) is 9.00. The lowest BCUT2D eigenvalue weighted by atomic mass is 9.94. The fourth-order valence-corrected chi connectivity index (χ4v) is 4.80. The molecule has 0 saturated carbocycles. The van der Waals surface area contributed by atoms with Crippen LogP contribution in [0.2, 0.25) is 0 Å². The Hall–Kier alpha value is -3.39. The first-order valence-corrected chi connectivity index (χ1v) is 11.4. The van der Waals surface area contributed by atoms with Crippen molar-refractivity contribution in [2.75, 3.05) is 13.1 Å². The molecule has 32 heavy (non-hydrogen) atoms. The Bertz CT molecular complexity index is 1220. The Morgan fingerprint density at radius 1 is 1.12 bits per heavy atom. The van der Waals surface area contributed by atoms with Gasteiger partial charge in [0.05, 0.1) is 5.56 Å². The highest BCUT2D eigenvalue weighted by molar-refractivity contribution is 7.13. The first-order chi connectivity index (χ1) is 15.7. The number of carbonyl (C=O) groups is 1. The zero-order valence-electron chi connectivity index (χ0n) is 17.3. The molecule has 2 aromatic heterocycles. The van der Waals surface area contributed by atoms with Crippen LogP contribution in [0.3, 0.4) is 0 Å². The van der Waals surface area contributed by atoms with Crippen molar-refractivity contribution >= 4 is 17.2 Å². The van der Waals surface area contributed by atoms with Gasteiger partial charge in [0.15, 0.2) is 0 Å². The summed E-state index contributed by atoms with van der Waals surface area (Å²) in [6.07, 6.45) is 2.42. The van der Waals surface area contributed by atoms with Gasteiger partial charge in [-0.2, -0.15) is 4.98 Å². The minimum atomic E-state index is -0.382. The minimum absolute atomic E-state index is 0.0503. The molecule has 1 aliphatic rings. The van der Waals surface area contributed by atoms with E-state index in [-0.39, 0.29) is 23.5 Å². The van der Waals surface area contributed by atoms with E-state index in [1.165, 1.54) is 17.4 Å². The molecule has 2 aromatic carbocycles. The van der Waals surface area contributed by atoms with E-state index in [1.54, 1.807) is 18.2 Å². The zero-order valence-corrected chi connectivity index (χ0v) is 18.1. The van der Waals surface area contributed by atoms with Crippen LogP contribution < -0.4 is 0 Å². The predicted molar refractivity (Wildman–Crippen MR) is 120 cm³/mol. The molecular formula is C24H21FN4O2S. The Labute approximate surface area is 188 Å². The number of aromatic nitrogens is 3. The van der Waals surface area contributed by atoms with E-state index in [4.69, 9.17) is 4.52 Å². The molecule has 1 unspecified atom stereocenters. The third kappa shape index (κ3) is 4.31. The maximum Gasteiger partial charge on any atom is 0.273 e. The Morgan fingerprint density at radius 2 is 1.94 bits per heavy atom. The molecule has 6 nitrogen and oxygen atoms in total. The molecule has 3 heterocycles. The second-order valence-electron chi connectivity index (χ2n) is 7.86. The van der Waals surface area contributed by atoms with Crippen molar-refractivity contribution in [2.24, 2.45) is 5.92 Å². The van der Waals surface area contributed by atoms with Gasteiger partial charge in [-0.05, 0) is 30.9 Å². The normalized spacial score (nSPS) is 16.3. The molecule has 1 atom stereocenters. The van der Waals surface area contributed by atoms with Crippen LogP contribution in [0.15, 0.2) is 64.5 Å². The summed E-state index contributed by atoms with van der Waals surface area (Å²) in [7, 11) is 0. The summed E-state index contributed by atoms with van der Waals surface area (Å²) in [5, 5.41) is 6.60. The first kappa shape index (κ1) is 20.5. The smallest absolute Gasteiger partial charge is 0.273 e. The number of rotatable bonds is 5. The highest BCUT2D eigenvalue weighted by Gasteiger charge is 2.27. The molecule has 0 spiro atoms. The van der Waals surface area contributed by atoms with Crippen molar-refractivity contribution < 1.29 is 13.7 Å². The fraction of sp³-hybridized carbons (Fsp3) is 0.250. The monoisotopic (exact) mass is 448 g/mol. The number of thiazole rings is 1. The van der Waals surface area contributed by atoms with Gasteiger partial charge >= 0.3 is 0 Å². The van der Waals surface area contributed by atoms with E-state index in [0.717, 1.165) is 23.4 Å². The van der Waals surface area contributed by atoms with Gasteiger partial charge in [-0.15, -0.1) is 11.3 Å². The van der Waals surface area contributed by atoms with E-state index < -0.39 is 0 Å². The van der Waals surface area contributed by atoms with Gasteiger partial charge in [-0.25, -0.2) is 9.37 Å². The number of hydrogen-bond donors (Lipinski definition) is 0. The third-order valence-electron chi connectivity index (χ3n) is 5.60. The fourth-order valence-electron chi connectivity index (χ4n) is 4.00. The van der Waals surface area contributed by atoms with Gasteiger partial charge < -0.3 is 9.42 Å². The summed E-state index contributed by atoms with van der Waals surface area (Å²) in [6.45, 7) is 1.31. The standard InChI is InChI=1S/C24H21FN4O2S/c25-19-11-5-4-10-18(19)22-27-21(31-28-22)13-16-7-6-12-29(14-16)24(30)20-15-32-23(26-20)17-8-2-1-3-9-17/h1-5,8-11,15-16H,6-7,12-14H2. The molecule has 8 heteroatoms. The van der Waals surface area contributed by atoms with Crippen LogP contribution in [0, 0.1) is 11.7 Å². The number of halogens is 1. The Kier molecular flexibility index (Phi) is 5.77. The molecule has 162 valence electrons. The van der Waals surface area contributed by atoms with Crippen molar-refractivity contribution in [2.45, 2.75) is 19.3 Å². The van der Waals surface area contributed by atoms with Gasteiger partial charge in [0.2, 0.25) is 11.7 Å². The van der Waals surface area contributed by atoms with E-state index in [1.807, 2.05) is 40.6 Å². The Balaban J connectivity index is 1.25. The topological polar surface area (TPSA) is 72.1 Å². The minimum Gasteiger partial charge on any atom is -0.339 e. The summed E-state index contributed by atoms with van der Waals surface area (Å²) in [6, 6.07) is 16.2. The van der Waals surface area contributed by atoms with E-state index >= 15 is 0 Å². The summed E-state index contributed by atoms with van der Waals surface area (Å²) < 4.78 is 19.4. The molecule has 0 bridgehead atoms. The molecule has 1 aliphatic heterocycles. The van der Waals surface area contributed by atoms with Crippen LogP contribution in [0.4, 0.5) is 4.39 Å². The van der Waals surface area contributed by atoms with Crippen LogP contribution in [0.1, 0.15) is 29.2 Å². The van der Waals surface area contributed by atoms with Crippen molar-refractivity contribution in [3.8, 4) is 22.0 Å². The van der Waals surface area contributed by atoms with E-state index in [9.17, 15) is 9.18 Å². The number of piperidine rings is 1. The molecule has 1 saturated heterocycles. The SMILES string of the molecule is O=C(c1csc(-c2ccccc2)n1)N1CCCC(Cc2nc(-c3ccccc3F)no2)C1. The molecule has 1 amide bonds. The molecule has 0 N–H and O–H groups in total. The maximum absolute atomic E-state index is 14.0. The Morgan fingerprint density at radius 3 is 2.78 bits per heavy atom. The third-order valence-corrected chi connectivity index (χ3v) is 6.49. The zero-order chi connectivity index (χ0) is 21.9. The second-order valence-corrected chi connectivity index (χ2v) is 8.72. The summed E-state index contributed by atoms with van der Waals surface area (Å²) in [4.78, 5) is 23.8. The van der Waals surface area contributed by atoms with Crippen molar-refractivity contribution in [3.05, 3.63) is 77.4 Å². The lowest BCUT2D eigenvalue weighted by molar-refractivity contribution is 0.0663. The van der Waals surface area contributed by atoms with Crippen LogP contribution in [-0.2, 0) is 6.42 Å².